The maximum Gasteiger partial charge on any atom is 0.124 e. The molecule has 1 aromatic heterocycles. The average molecular weight is 205 g/mol. The predicted octanol–water partition coefficient (Wildman–Crippen LogP) is 2.69. The van der Waals surface area contributed by atoms with Gasteiger partial charge in [0.1, 0.15) is 5.82 Å². The molecule has 3 heteroatoms. The summed E-state index contributed by atoms with van der Waals surface area (Å²) in [5.74, 6) is -0.174. The summed E-state index contributed by atoms with van der Waals surface area (Å²) in [6.45, 7) is 3.27. The smallest absolute Gasteiger partial charge is 0.124 e. The molecule has 0 atom stereocenters. The average Bonchev–Trinajstić information content (AvgIpc) is 2.57. The molecule has 0 radical (unpaired) electrons. The van der Waals surface area contributed by atoms with Crippen molar-refractivity contribution in [2.45, 2.75) is 20.0 Å². The summed E-state index contributed by atoms with van der Waals surface area (Å²) in [5.41, 5.74) is 4.33. The fraction of sp³-hybridized carbons (Fsp3) is 0.333. The first-order valence-electron chi connectivity index (χ1n) is 5.13. The van der Waals surface area contributed by atoms with Gasteiger partial charge in [-0.3, -0.25) is 0 Å². The summed E-state index contributed by atoms with van der Waals surface area (Å²) in [6.07, 6.45) is 0.894. The SMILES string of the molecule is Cc1cc(F)cc2c3c([nH]c12)CCOC3. The van der Waals surface area contributed by atoms with Crippen molar-refractivity contribution in [3.8, 4) is 0 Å². The monoisotopic (exact) mass is 205 g/mol. The first-order valence-corrected chi connectivity index (χ1v) is 5.13. The molecule has 1 aliphatic heterocycles. The van der Waals surface area contributed by atoms with E-state index in [4.69, 9.17) is 4.74 Å². The van der Waals surface area contributed by atoms with Gasteiger partial charge in [0.2, 0.25) is 0 Å². The number of nitrogens with one attached hydrogen (secondary N) is 1. The lowest BCUT2D eigenvalue weighted by Crippen LogP contribution is -2.08. The van der Waals surface area contributed by atoms with E-state index in [1.54, 1.807) is 12.1 Å². The molecule has 2 aromatic rings. The number of halogens is 1. The molecule has 0 saturated carbocycles. The molecular formula is C12H12FNO. The van der Waals surface area contributed by atoms with Crippen molar-refractivity contribution in [2.24, 2.45) is 0 Å². The topological polar surface area (TPSA) is 25.0 Å². The van der Waals surface area contributed by atoms with Crippen molar-refractivity contribution < 1.29 is 9.13 Å². The summed E-state index contributed by atoms with van der Waals surface area (Å²) in [7, 11) is 0. The number of fused-ring (bicyclic) bond motifs is 3. The zero-order valence-electron chi connectivity index (χ0n) is 8.56. The third-order valence-electron chi connectivity index (χ3n) is 3.01. The molecule has 2 nitrogen and oxygen atoms in total. The quantitative estimate of drug-likeness (QED) is 0.702. The van der Waals surface area contributed by atoms with Crippen molar-refractivity contribution >= 4 is 10.9 Å². The van der Waals surface area contributed by atoms with Crippen molar-refractivity contribution in [1.82, 2.24) is 4.98 Å². The van der Waals surface area contributed by atoms with Crippen molar-refractivity contribution in [3.05, 3.63) is 34.8 Å². The maximum atomic E-state index is 13.3. The molecule has 0 fully saturated rings. The lowest BCUT2D eigenvalue weighted by Gasteiger charge is -2.11. The van der Waals surface area contributed by atoms with Crippen LogP contribution in [0.15, 0.2) is 12.1 Å². The zero-order valence-corrected chi connectivity index (χ0v) is 8.56. The van der Waals surface area contributed by atoms with Gasteiger partial charge in [0.05, 0.1) is 13.2 Å². The molecule has 0 spiro atoms. The number of H-pyrrole nitrogens is 1. The second-order valence-electron chi connectivity index (χ2n) is 4.03. The lowest BCUT2D eigenvalue weighted by molar-refractivity contribution is 0.111. The molecule has 0 bridgehead atoms. The summed E-state index contributed by atoms with van der Waals surface area (Å²) < 4.78 is 18.7. The van der Waals surface area contributed by atoms with Crippen LogP contribution < -0.4 is 0 Å². The van der Waals surface area contributed by atoms with Gasteiger partial charge in [-0.05, 0) is 24.6 Å². The van der Waals surface area contributed by atoms with E-state index in [1.807, 2.05) is 6.92 Å². The summed E-state index contributed by atoms with van der Waals surface area (Å²) >= 11 is 0. The van der Waals surface area contributed by atoms with E-state index < -0.39 is 0 Å². The summed E-state index contributed by atoms with van der Waals surface area (Å²) in [6, 6.07) is 3.15. The molecule has 0 unspecified atom stereocenters. The van der Waals surface area contributed by atoms with Crippen LogP contribution in [0.3, 0.4) is 0 Å². The standard InChI is InChI=1S/C12H12FNO/c1-7-4-8(13)5-9-10-6-15-3-2-11(10)14-12(7)9/h4-5,14H,2-3,6H2,1H3. The minimum atomic E-state index is -0.174. The lowest BCUT2D eigenvalue weighted by atomic mass is 10.1. The van der Waals surface area contributed by atoms with E-state index in [-0.39, 0.29) is 5.82 Å². The van der Waals surface area contributed by atoms with Gasteiger partial charge in [-0.15, -0.1) is 0 Å². The van der Waals surface area contributed by atoms with Gasteiger partial charge >= 0.3 is 0 Å². The van der Waals surface area contributed by atoms with Gasteiger partial charge < -0.3 is 9.72 Å². The molecule has 15 heavy (non-hydrogen) atoms. The highest BCUT2D eigenvalue weighted by atomic mass is 19.1. The van der Waals surface area contributed by atoms with Gasteiger partial charge in [0, 0.05) is 28.6 Å². The Kier molecular flexibility index (Phi) is 1.83. The molecular weight excluding hydrogens is 193 g/mol. The molecule has 78 valence electrons. The number of hydrogen-bond acceptors (Lipinski definition) is 1. The Hall–Kier alpha value is -1.35. The number of aromatic amines is 1. The van der Waals surface area contributed by atoms with Crippen LogP contribution in [0.1, 0.15) is 16.8 Å². The minimum Gasteiger partial charge on any atom is -0.376 e. The molecule has 3 rings (SSSR count). The van der Waals surface area contributed by atoms with Crippen molar-refractivity contribution in [2.75, 3.05) is 6.61 Å². The van der Waals surface area contributed by atoms with Gasteiger partial charge in [-0.25, -0.2) is 4.39 Å². The van der Waals surface area contributed by atoms with Gasteiger partial charge in [0.25, 0.3) is 0 Å². The molecule has 1 aliphatic rings. The van der Waals surface area contributed by atoms with Crippen LogP contribution in [-0.4, -0.2) is 11.6 Å². The summed E-state index contributed by atoms with van der Waals surface area (Å²) in [4.78, 5) is 3.36. The largest absolute Gasteiger partial charge is 0.376 e. The summed E-state index contributed by atoms with van der Waals surface area (Å²) in [5, 5.41) is 0.974. The number of rotatable bonds is 0. The van der Waals surface area contributed by atoms with Crippen LogP contribution in [0.4, 0.5) is 4.39 Å². The predicted molar refractivity (Wildman–Crippen MR) is 56.4 cm³/mol. The fourth-order valence-electron chi connectivity index (χ4n) is 2.26. The molecule has 2 heterocycles. The van der Waals surface area contributed by atoms with Gasteiger partial charge in [-0.2, -0.15) is 0 Å². The number of aryl methyl sites for hydroxylation is 1. The maximum absolute atomic E-state index is 13.3. The highest BCUT2D eigenvalue weighted by Gasteiger charge is 2.17. The Bertz CT molecular complexity index is 530. The first kappa shape index (κ1) is 8.92. The van der Waals surface area contributed by atoms with E-state index in [0.29, 0.717) is 6.61 Å². The number of hydrogen-bond donors (Lipinski definition) is 1. The molecule has 0 amide bonds. The molecule has 1 N–H and O–H groups in total. The fourth-order valence-corrected chi connectivity index (χ4v) is 2.26. The number of ether oxygens (including phenoxy) is 1. The van der Waals surface area contributed by atoms with Crippen LogP contribution in [0, 0.1) is 12.7 Å². The van der Waals surface area contributed by atoms with Crippen LogP contribution in [0.25, 0.3) is 10.9 Å². The Morgan fingerprint density at radius 3 is 3.13 bits per heavy atom. The van der Waals surface area contributed by atoms with Crippen molar-refractivity contribution in [1.29, 1.82) is 0 Å². The Morgan fingerprint density at radius 2 is 2.27 bits per heavy atom. The first-order chi connectivity index (χ1) is 7.25. The second kappa shape index (κ2) is 3.07. The third kappa shape index (κ3) is 1.27. The van der Waals surface area contributed by atoms with Crippen molar-refractivity contribution in [3.63, 3.8) is 0 Å². The molecule has 1 aromatic carbocycles. The minimum absolute atomic E-state index is 0.174. The van der Waals surface area contributed by atoms with Crippen LogP contribution >= 0.6 is 0 Å². The van der Waals surface area contributed by atoms with Gasteiger partial charge in [-0.1, -0.05) is 0 Å². The number of aromatic nitrogens is 1. The molecule has 0 aliphatic carbocycles. The zero-order chi connectivity index (χ0) is 10.4. The number of benzene rings is 1. The van der Waals surface area contributed by atoms with E-state index in [9.17, 15) is 4.39 Å². The van der Waals surface area contributed by atoms with E-state index in [2.05, 4.69) is 4.98 Å². The Labute approximate surface area is 87.1 Å². The van der Waals surface area contributed by atoms with Crippen LogP contribution in [0.5, 0.6) is 0 Å². The highest BCUT2D eigenvalue weighted by Crippen LogP contribution is 2.29. The van der Waals surface area contributed by atoms with E-state index in [1.165, 1.54) is 5.69 Å². The Balaban J connectivity index is 2.37. The van der Waals surface area contributed by atoms with E-state index >= 15 is 0 Å². The molecule has 0 saturated heterocycles. The van der Waals surface area contributed by atoms with Gasteiger partial charge in [0.15, 0.2) is 0 Å². The third-order valence-corrected chi connectivity index (χ3v) is 3.01. The second-order valence-corrected chi connectivity index (χ2v) is 4.03. The Morgan fingerprint density at radius 1 is 1.40 bits per heavy atom. The van der Waals surface area contributed by atoms with E-state index in [0.717, 1.165) is 35.1 Å². The van der Waals surface area contributed by atoms with Crippen LogP contribution in [0.2, 0.25) is 0 Å². The highest BCUT2D eigenvalue weighted by molar-refractivity contribution is 5.87. The normalized spacial score (nSPS) is 15.6. The van der Waals surface area contributed by atoms with Crippen LogP contribution in [-0.2, 0) is 17.8 Å².